The lowest BCUT2D eigenvalue weighted by Crippen LogP contribution is -2.18. The Labute approximate surface area is 92.6 Å². The quantitative estimate of drug-likeness (QED) is 0.454. The van der Waals surface area contributed by atoms with E-state index in [0.29, 0.717) is 12.4 Å². The molecule has 0 heterocycles. The van der Waals surface area contributed by atoms with Gasteiger partial charge < -0.3 is 9.57 Å². The van der Waals surface area contributed by atoms with Gasteiger partial charge in [-0.15, -0.1) is 0 Å². The lowest BCUT2D eigenvalue weighted by atomic mass is 10.3. The number of nitrogens with zero attached hydrogens (tertiary/aromatic N) is 1. The van der Waals surface area contributed by atoms with E-state index in [2.05, 4.69) is 12.1 Å². The van der Waals surface area contributed by atoms with Crippen molar-refractivity contribution in [3.05, 3.63) is 46.8 Å². The molecular formula is C10H12N2O4. The number of nitro benzene ring substituents is 1. The molecule has 1 rings (SSSR count). The Bertz CT molecular complexity index is 392. The molecule has 6 heteroatoms. The van der Waals surface area contributed by atoms with Crippen LogP contribution in [-0.4, -0.2) is 11.5 Å². The highest BCUT2D eigenvalue weighted by Gasteiger charge is 2.06. The first-order valence-electron chi connectivity index (χ1n) is 4.62. The van der Waals surface area contributed by atoms with Gasteiger partial charge in [-0.3, -0.25) is 10.1 Å². The third kappa shape index (κ3) is 3.49. The van der Waals surface area contributed by atoms with Crippen molar-refractivity contribution in [3.8, 4) is 5.75 Å². The van der Waals surface area contributed by atoms with E-state index in [-0.39, 0.29) is 11.6 Å². The van der Waals surface area contributed by atoms with Gasteiger partial charge in [-0.05, 0) is 19.6 Å². The molecule has 86 valence electrons. The van der Waals surface area contributed by atoms with E-state index in [1.54, 1.807) is 13.0 Å². The summed E-state index contributed by atoms with van der Waals surface area (Å²) in [6.45, 7) is 5.79. The van der Waals surface area contributed by atoms with Gasteiger partial charge in [-0.1, -0.05) is 6.07 Å². The van der Waals surface area contributed by atoms with Gasteiger partial charge in [0.25, 0.3) is 5.69 Å². The van der Waals surface area contributed by atoms with E-state index in [1.165, 1.54) is 18.2 Å². The van der Waals surface area contributed by atoms with E-state index in [0.717, 1.165) is 0 Å². The number of non-ortho nitro benzene ring substituents is 1. The van der Waals surface area contributed by atoms with Crippen molar-refractivity contribution in [2.45, 2.75) is 6.92 Å². The molecule has 0 atom stereocenters. The predicted octanol–water partition coefficient (Wildman–Crippen LogP) is 1.99. The van der Waals surface area contributed by atoms with Gasteiger partial charge in [0.15, 0.2) is 5.75 Å². The molecule has 0 amide bonds. The number of nitrogens with one attached hydrogen (secondary N) is 1. The molecule has 0 saturated carbocycles. The minimum absolute atomic E-state index is 0.0404. The second kappa shape index (κ2) is 5.59. The van der Waals surface area contributed by atoms with Crippen LogP contribution in [-0.2, 0) is 4.74 Å². The zero-order valence-electron chi connectivity index (χ0n) is 8.80. The molecule has 0 fully saturated rings. The molecule has 0 saturated heterocycles. The van der Waals surface area contributed by atoms with Crippen molar-refractivity contribution in [2.24, 2.45) is 0 Å². The summed E-state index contributed by atoms with van der Waals surface area (Å²) in [5.41, 5.74) is 2.39. The summed E-state index contributed by atoms with van der Waals surface area (Å²) in [5.74, 6) is 0.559. The minimum atomic E-state index is -0.496. The molecule has 0 spiro atoms. The molecule has 0 aliphatic carbocycles. The summed E-state index contributed by atoms with van der Waals surface area (Å²) >= 11 is 0. The summed E-state index contributed by atoms with van der Waals surface area (Å²) in [7, 11) is 0. The van der Waals surface area contributed by atoms with Crippen molar-refractivity contribution in [1.29, 1.82) is 0 Å². The number of nitro groups is 1. The van der Waals surface area contributed by atoms with Crippen molar-refractivity contribution in [3.63, 3.8) is 0 Å². The fourth-order valence-corrected chi connectivity index (χ4v) is 0.980. The molecule has 1 aromatic rings. The SMILES string of the molecule is C=C(NOc1cccc([N+](=O)[O-])c1)OCC. The number of benzene rings is 1. The standard InChI is InChI=1S/C10H12N2O4/c1-3-15-8(2)11-16-10-6-4-5-9(7-10)12(13)14/h4-7,11H,2-3H2,1H3. The van der Waals surface area contributed by atoms with Crippen LogP contribution in [0.25, 0.3) is 0 Å². The van der Waals surface area contributed by atoms with Crippen molar-refractivity contribution in [1.82, 2.24) is 5.48 Å². The first-order valence-corrected chi connectivity index (χ1v) is 4.62. The summed E-state index contributed by atoms with van der Waals surface area (Å²) < 4.78 is 4.98. The highest BCUT2D eigenvalue weighted by Crippen LogP contribution is 2.18. The maximum absolute atomic E-state index is 10.5. The largest absolute Gasteiger partial charge is 0.478 e. The molecule has 16 heavy (non-hydrogen) atoms. The first-order chi connectivity index (χ1) is 7.63. The number of ether oxygens (including phenoxy) is 1. The van der Waals surface area contributed by atoms with Gasteiger partial charge in [0, 0.05) is 6.07 Å². The fraction of sp³-hybridized carbons (Fsp3) is 0.200. The molecule has 0 unspecified atom stereocenters. The first kappa shape index (κ1) is 11.8. The van der Waals surface area contributed by atoms with Crippen molar-refractivity contribution < 1.29 is 14.5 Å². The second-order valence-corrected chi connectivity index (χ2v) is 2.81. The van der Waals surface area contributed by atoms with Crippen LogP contribution in [0.3, 0.4) is 0 Å². The average molecular weight is 224 g/mol. The normalized spacial score (nSPS) is 9.31. The van der Waals surface area contributed by atoms with Gasteiger partial charge >= 0.3 is 0 Å². The topological polar surface area (TPSA) is 73.6 Å². The van der Waals surface area contributed by atoms with E-state index in [1.807, 2.05) is 0 Å². The number of hydrogen-bond donors (Lipinski definition) is 1. The summed E-state index contributed by atoms with van der Waals surface area (Å²) in [6, 6.07) is 5.79. The number of hydroxylamine groups is 1. The monoisotopic (exact) mass is 224 g/mol. The Hall–Kier alpha value is -2.24. The lowest BCUT2D eigenvalue weighted by molar-refractivity contribution is -0.385. The molecule has 0 aromatic heterocycles. The van der Waals surface area contributed by atoms with Crippen LogP contribution in [0.1, 0.15) is 6.92 Å². The summed E-state index contributed by atoms with van der Waals surface area (Å²) in [4.78, 5) is 15.0. The van der Waals surface area contributed by atoms with Crippen LogP contribution >= 0.6 is 0 Å². The van der Waals surface area contributed by atoms with Gasteiger partial charge in [0.2, 0.25) is 5.88 Å². The van der Waals surface area contributed by atoms with Gasteiger partial charge in [-0.2, -0.15) is 5.48 Å². The van der Waals surface area contributed by atoms with Crippen molar-refractivity contribution >= 4 is 5.69 Å². The Morgan fingerprint density at radius 2 is 2.38 bits per heavy atom. The lowest BCUT2D eigenvalue weighted by Gasteiger charge is -2.10. The average Bonchev–Trinajstić information content (AvgIpc) is 2.27. The zero-order valence-corrected chi connectivity index (χ0v) is 8.80. The van der Waals surface area contributed by atoms with E-state index in [9.17, 15) is 10.1 Å². The molecule has 1 N–H and O–H groups in total. The number of hydrogen-bond acceptors (Lipinski definition) is 5. The molecule has 0 radical (unpaired) electrons. The minimum Gasteiger partial charge on any atom is -0.478 e. The van der Waals surface area contributed by atoms with Crippen LogP contribution in [0.4, 0.5) is 5.69 Å². The fourth-order valence-electron chi connectivity index (χ4n) is 0.980. The molecule has 6 nitrogen and oxygen atoms in total. The maximum Gasteiger partial charge on any atom is 0.273 e. The van der Waals surface area contributed by atoms with Gasteiger partial charge in [0.1, 0.15) is 0 Å². The molecule has 0 bridgehead atoms. The molecular weight excluding hydrogens is 212 g/mol. The Morgan fingerprint density at radius 1 is 1.62 bits per heavy atom. The van der Waals surface area contributed by atoms with Crippen LogP contribution < -0.4 is 10.3 Å². The molecule has 1 aromatic carbocycles. The summed E-state index contributed by atoms with van der Waals surface area (Å²) in [5, 5.41) is 10.5. The van der Waals surface area contributed by atoms with Gasteiger partial charge in [0.05, 0.1) is 17.6 Å². The van der Waals surface area contributed by atoms with Crippen LogP contribution in [0.5, 0.6) is 5.75 Å². The summed E-state index contributed by atoms with van der Waals surface area (Å²) in [6.07, 6.45) is 0. The van der Waals surface area contributed by atoms with Crippen molar-refractivity contribution in [2.75, 3.05) is 6.61 Å². The van der Waals surface area contributed by atoms with E-state index >= 15 is 0 Å². The van der Waals surface area contributed by atoms with Gasteiger partial charge in [-0.25, -0.2) is 0 Å². The molecule has 0 aliphatic heterocycles. The Balaban J connectivity index is 2.57. The second-order valence-electron chi connectivity index (χ2n) is 2.81. The molecule has 0 aliphatic rings. The van der Waals surface area contributed by atoms with E-state index in [4.69, 9.17) is 9.57 Å². The smallest absolute Gasteiger partial charge is 0.273 e. The third-order valence-corrected chi connectivity index (χ3v) is 1.63. The van der Waals surface area contributed by atoms with E-state index < -0.39 is 4.92 Å². The highest BCUT2D eigenvalue weighted by atomic mass is 16.7. The van der Waals surface area contributed by atoms with Crippen LogP contribution in [0, 0.1) is 10.1 Å². The number of rotatable bonds is 6. The predicted molar refractivity (Wildman–Crippen MR) is 57.6 cm³/mol. The maximum atomic E-state index is 10.5. The third-order valence-electron chi connectivity index (χ3n) is 1.63. The Morgan fingerprint density at radius 3 is 3.00 bits per heavy atom. The zero-order chi connectivity index (χ0) is 12.0. The Kier molecular flexibility index (Phi) is 4.14. The van der Waals surface area contributed by atoms with Crippen LogP contribution in [0.2, 0.25) is 0 Å². The van der Waals surface area contributed by atoms with Crippen LogP contribution in [0.15, 0.2) is 36.7 Å². The highest BCUT2D eigenvalue weighted by molar-refractivity contribution is 5.37.